The first-order valence-electron chi connectivity index (χ1n) is 10.8. The van der Waals surface area contributed by atoms with E-state index < -0.39 is 21.6 Å². The predicted molar refractivity (Wildman–Crippen MR) is 131 cm³/mol. The largest absolute Gasteiger partial charge is 0.416 e. The molecule has 3 heterocycles. The third-order valence-electron chi connectivity index (χ3n) is 5.90. The number of pyridine rings is 1. The second kappa shape index (κ2) is 9.18. The fourth-order valence-corrected chi connectivity index (χ4v) is 6.48. The Morgan fingerprint density at radius 2 is 1.86 bits per heavy atom. The van der Waals surface area contributed by atoms with Crippen molar-refractivity contribution in [2.24, 2.45) is 0 Å². The van der Waals surface area contributed by atoms with E-state index >= 15 is 0 Å². The third kappa shape index (κ3) is 4.86. The summed E-state index contributed by atoms with van der Waals surface area (Å²) in [5, 5.41) is 6.71. The van der Waals surface area contributed by atoms with E-state index in [-0.39, 0.29) is 10.6 Å². The number of benzene rings is 2. The van der Waals surface area contributed by atoms with E-state index in [1.54, 1.807) is 36.0 Å². The summed E-state index contributed by atoms with van der Waals surface area (Å²) in [6, 6.07) is 10.2. The first-order chi connectivity index (χ1) is 16.7. The van der Waals surface area contributed by atoms with Crippen molar-refractivity contribution in [3.05, 3.63) is 82.4 Å². The topological polar surface area (TPSA) is 72.0 Å². The van der Waals surface area contributed by atoms with Crippen molar-refractivity contribution in [3.8, 4) is 11.3 Å². The molecule has 0 saturated heterocycles. The molecule has 1 aliphatic heterocycles. The number of fused-ring (bicyclic) bond motifs is 1. The van der Waals surface area contributed by atoms with Gasteiger partial charge in [0.25, 0.3) is 0 Å². The summed E-state index contributed by atoms with van der Waals surface area (Å²) in [5.74, 6) is -0.195. The van der Waals surface area contributed by atoms with Gasteiger partial charge < -0.3 is 5.32 Å². The lowest BCUT2D eigenvalue weighted by Gasteiger charge is -2.20. The van der Waals surface area contributed by atoms with Gasteiger partial charge in [0, 0.05) is 35.3 Å². The molecule has 0 atom stereocenters. The zero-order chi connectivity index (χ0) is 24.6. The zero-order valence-electron chi connectivity index (χ0n) is 18.3. The van der Waals surface area contributed by atoms with Crippen LogP contribution in [0, 0.1) is 0 Å². The minimum absolute atomic E-state index is 0.158. The van der Waals surface area contributed by atoms with Crippen molar-refractivity contribution in [1.82, 2.24) is 15.3 Å². The maximum atomic E-state index is 13.5. The number of rotatable bonds is 5. The number of nitrogens with zero attached hydrogens (tertiary/aromatic N) is 2. The second-order valence-corrected chi connectivity index (χ2v) is 11.1. The summed E-state index contributed by atoms with van der Waals surface area (Å²) in [7, 11) is -3.61. The second-order valence-electron chi connectivity index (χ2n) is 8.17. The molecule has 0 saturated carbocycles. The Bertz CT molecular complexity index is 1530. The van der Waals surface area contributed by atoms with E-state index in [1.165, 1.54) is 29.5 Å². The van der Waals surface area contributed by atoms with Crippen molar-refractivity contribution >= 4 is 37.5 Å². The molecule has 5 rings (SSSR count). The number of sulfone groups is 1. The molecule has 180 valence electrons. The summed E-state index contributed by atoms with van der Waals surface area (Å²) in [6.07, 6.45) is 1.14. The smallest absolute Gasteiger partial charge is 0.313 e. The summed E-state index contributed by atoms with van der Waals surface area (Å²) in [6.45, 7) is 1.25. The monoisotopic (exact) mass is 515 g/mol. The molecular weight excluding hydrogens is 495 g/mol. The number of hydrogen-bond acceptors (Lipinski definition) is 6. The van der Waals surface area contributed by atoms with Crippen LogP contribution in [0.1, 0.15) is 22.6 Å². The molecule has 0 bridgehead atoms. The van der Waals surface area contributed by atoms with Crippen LogP contribution in [-0.2, 0) is 21.8 Å². The highest BCUT2D eigenvalue weighted by molar-refractivity contribution is 7.90. The van der Waals surface area contributed by atoms with Crippen molar-refractivity contribution in [1.29, 1.82) is 0 Å². The van der Waals surface area contributed by atoms with Gasteiger partial charge in [-0.1, -0.05) is 18.2 Å². The van der Waals surface area contributed by atoms with Crippen LogP contribution in [0.3, 0.4) is 0 Å². The highest BCUT2D eigenvalue weighted by atomic mass is 32.2. The van der Waals surface area contributed by atoms with E-state index in [0.717, 1.165) is 11.6 Å². The number of alkyl halides is 3. The lowest BCUT2D eigenvalue weighted by atomic mass is 9.90. The van der Waals surface area contributed by atoms with Gasteiger partial charge in [0.15, 0.2) is 9.84 Å². The van der Waals surface area contributed by atoms with E-state index in [1.807, 2.05) is 6.08 Å². The van der Waals surface area contributed by atoms with Crippen LogP contribution in [0.4, 0.5) is 13.2 Å². The molecule has 0 fully saturated rings. The minimum Gasteiger partial charge on any atom is -0.313 e. The molecule has 0 amide bonds. The Labute approximate surface area is 204 Å². The Morgan fingerprint density at radius 1 is 1.00 bits per heavy atom. The maximum absolute atomic E-state index is 13.5. The predicted octanol–water partition coefficient (Wildman–Crippen LogP) is 5.73. The van der Waals surface area contributed by atoms with Crippen LogP contribution >= 0.6 is 11.3 Å². The first-order valence-corrected chi connectivity index (χ1v) is 13.4. The standard InChI is InChI=1S/C25H20F3N3O2S2/c26-25(27,28)18-1-3-21(22(14-18)16-5-8-29-9-6-16)24-20-4-2-19(13-17(20)7-10-31-24)35(32,33)15-23-30-11-12-34-23/h1-5,7,10-14,29H,6,8-9,15H2. The summed E-state index contributed by atoms with van der Waals surface area (Å²) in [5.41, 5.74) is 1.68. The fourth-order valence-electron chi connectivity index (χ4n) is 4.19. The molecule has 0 unspecified atom stereocenters. The summed E-state index contributed by atoms with van der Waals surface area (Å²) in [4.78, 5) is 8.71. The number of nitrogens with one attached hydrogen (secondary N) is 1. The van der Waals surface area contributed by atoms with Gasteiger partial charge in [-0.3, -0.25) is 4.98 Å². The average molecular weight is 516 g/mol. The average Bonchev–Trinajstić information content (AvgIpc) is 3.35. The van der Waals surface area contributed by atoms with Gasteiger partial charge in [-0.15, -0.1) is 11.3 Å². The van der Waals surface area contributed by atoms with Crippen molar-refractivity contribution in [2.75, 3.05) is 13.1 Å². The van der Waals surface area contributed by atoms with E-state index in [2.05, 4.69) is 15.3 Å². The molecule has 2 aromatic carbocycles. The molecule has 0 radical (unpaired) electrons. The zero-order valence-corrected chi connectivity index (χ0v) is 20.0. The van der Waals surface area contributed by atoms with Gasteiger partial charge >= 0.3 is 6.18 Å². The molecule has 0 spiro atoms. The van der Waals surface area contributed by atoms with E-state index in [0.29, 0.717) is 52.1 Å². The Morgan fingerprint density at radius 3 is 2.57 bits per heavy atom. The Kier molecular flexibility index (Phi) is 6.20. The van der Waals surface area contributed by atoms with Gasteiger partial charge in [0.05, 0.1) is 16.2 Å². The van der Waals surface area contributed by atoms with Crippen LogP contribution in [0.25, 0.3) is 27.6 Å². The van der Waals surface area contributed by atoms with Crippen LogP contribution < -0.4 is 5.32 Å². The minimum atomic E-state index is -4.46. The first kappa shape index (κ1) is 23.7. The molecule has 2 aromatic heterocycles. The molecule has 10 heteroatoms. The molecule has 5 nitrogen and oxygen atoms in total. The van der Waals surface area contributed by atoms with E-state index in [4.69, 9.17) is 0 Å². The SMILES string of the molecule is O=S(=O)(Cc1nccs1)c1ccc2c(-c3ccc(C(F)(F)F)cc3C3=CCNCC3)nccc2c1. The number of aromatic nitrogens is 2. The highest BCUT2D eigenvalue weighted by Crippen LogP contribution is 2.39. The van der Waals surface area contributed by atoms with Gasteiger partial charge in [0.2, 0.25) is 0 Å². The van der Waals surface area contributed by atoms with Crippen LogP contribution in [0.15, 0.2) is 71.2 Å². The van der Waals surface area contributed by atoms with Crippen LogP contribution in [-0.4, -0.2) is 31.5 Å². The molecule has 0 aliphatic carbocycles. The molecule has 1 N–H and O–H groups in total. The summed E-state index contributed by atoms with van der Waals surface area (Å²) < 4.78 is 66.4. The van der Waals surface area contributed by atoms with Gasteiger partial charge in [-0.2, -0.15) is 13.2 Å². The number of hydrogen-bond donors (Lipinski definition) is 1. The highest BCUT2D eigenvalue weighted by Gasteiger charge is 2.32. The van der Waals surface area contributed by atoms with Gasteiger partial charge in [-0.25, -0.2) is 13.4 Å². The fraction of sp³-hybridized carbons (Fsp3) is 0.200. The number of halogens is 3. The van der Waals surface area contributed by atoms with Crippen molar-refractivity contribution in [3.63, 3.8) is 0 Å². The van der Waals surface area contributed by atoms with Gasteiger partial charge in [0.1, 0.15) is 10.8 Å². The quantitative estimate of drug-likeness (QED) is 0.368. The van der Waals surface area contributed by atoms with E-state index in [9.17, 15) is 21.6 Å². The Balaban J connectivity index is 1.63. The molecular formula is C25H20F3N3O2S2. The molecule has 4 aromatic rings. The van der Waals surface area contributed by atoms with Crippen LogP contribution in [0.2, 0.25) is 0 Å². The maximum Gasteiger partial charge on any atom is 0.416 e. The normalized spacial score (nSPS) is 14.8. The van der Waals surface area contributed by atoms with Crippen molar-refractivity contribution < 1.29 is 21.6 Å². The van der Waals surface area contributed by atoms with Crippen LogP contribution in [0.5, 0.6) is 0 Å². The third-order valence-corrected chi connectivity index (χ3v) is 8.49. The number of thiazole rings is 1. The lowest BCUT2D eigenvalue weighted by molar-refractivity contribution is -0.137. The lowest BCUT2D eigenvalue weighted by Crippen LogP contribution is -2.20. The van der Waals surface area contributed by atoms with Crippen molar-refractivity contribution in [2.45, 2.75) is 23.2 Å². The molecule has 1 aliphatic rings. The molecule has 35 heavy (non-hydrogen) atoms. The Hall–Kier alpha value is -3.08. The summed E-state index contributed by atoms with van der Waals surface area (Å²) >= 11 is 1.28. The van der Waals surface area contributed by atoms with Gasteiger partial charge in [-0.05, 0) is 59.8 Å².